The van der Waals surface area contributed by atoms with Crippen molar-refractivity contribution in [3.63, 3.8) is 0 Å². The molecular formula is C14H19NO4. The lowest BCUT2D eigenvalue weighted by molar-refractivity contribution is -0.129. The molecule has 1 aromatic rings. The molecule has 0 radical (unpaired) electrons. The Morgan fingerprint density at radius 3 is 2.84 bits per heavy atom. The highest BCUT2D eigenvalue weighted by molar-refractivity contribution is 5.73. The summed E-state index contributed by atoms with van der Waals surface area (Å²) in [4.78, 5) is 13.1. The van der Waals surface area contributed by atoms with Crippen LogP contribution in [-0.2, 0) is 11.2 Å². The number of amides is 1. The van der Waals surface area contributed by atoms with Gasteiger partial charge in [0.05, 0.1) is 7.11 Å². The lowest BCUT2D eigenvalue weighted by atomic mass is 10.0. The number of nitrogens with zero attached hydrogens (tertiary/aromatic N) is 1. The molecule has 5 nitrogen and oxygen atoms in total. The highest BCUT2D eigenvalue weighted by atomic mass is 16.7. The molecule has 0 bridgehead atoms. The van der Waals surface area contributed by atoms with E-state index in [1.165, 1.54) is 0 Å². The Morgan fingerprint density at radius 2 is 2.21 bits per heavy atom. The minimum absolute atomic E-state index is 0.0557. The fourth-order valence-corrected chi connectivity index (χ4v) is 2.09. The van der Waals surface area contributed by atoms with Crippen molar-refractivity contribution in [3.05, 3.63) is 17.7 Å². The summed E-state index contributed by atoms with van der Waals surface area (Å²) in [6.07, 6.45) is 0.739. The number of hydrogen-bond donors (Lipinski definition) is 0. The summed E-state index contributed by atoms with van der Waals surface area (Å²) < 4.78 is 16.0. The van der Waals surface area contributed by atoms with Crippen LogP contribution in [0.4, 0.5) is 0 Å². The van der Waals surface area contributed by atoms with Crippen molar-refractivity contribution in [1.82, 2.24) is 4.90 Å². The maximum atomic E-state index is 11.3. The van der Waals surface area contributed by atoms with Crippen LogP contribution in [0.2, 0.25) is 0 Å². The van der Waals surface area contributed by atoms with E-state index >= 15 is 0 Å². The summed E-state index contributed by atoms with van der Waals surface area (Å²) in [5.41, 5.74) is 1.06. The molecule has 0 fully saturated rings. The van der Waals surface area contributed by atoms with Gasteiger partial charge in [-0.25, -0.2) is 0 Å². The Kier molecular flexibility index (Phi) is 3.83. The number of benzene rings is 1. The molecule has 1 atom stereocenters. The maximum Gasteiger partial charge on any atom is 0.231 e. The number of rotatable bonds is 4. The van der Waals surface area contributed by atoms with Gasteiger partial charge in [-0.05, 0) is 31.0 Å². The van der Waals surface area contributed by atoms with E-state index in [4.69, 9.17) is 14.2 Å². The zero-order chi connectivity index (χ0) is 14.0. The number of carbonyl (C=O) groups excluding carboxylic acids is 1. The summed E-state index contributed by atoms with van der Waals surface area (Å²) in [6, 6.07) is 3.98. The number of fused-ring (bicyclic) bond motifs is 1. The van der Waals surface area contributed by atoms with Crippen LogP contribution in [0.15, 0.2) is 12.1 Å². The maximum absolute atomic E-state index is 11.3. The molecule has 0 saturated heterocycles. The van der Waals surface area contributed by atoms with Crippen LogP contribution in [0.3, 0.4) is 0 Å². The van der Waals surface area contributed by atoms with E-state index in [1.54, 1.807) is 26.0 Å². The minimum Gasteiger partial charge on any atom is -0.493 e. The van der Waals surface area contributed by atoms with Crippen LogP contribution in [-0.4, -0.2) is 37.8 Å². The predicted molar refractivity (Wildman–Crippen MR) is 70.7 cm³/mol. The average Bonchev–Trinajstić information content (AvgIpc) is 2.84. The molecule has 0 saturated carbocycles. The summed E-state index contributed by atoms with van der Waals surface area (Å²) in [6.45, 7) is 3.80. The fraction of sp³-hybridized carbons (Fsp3) is 0.500. The van der Waals surface area contributed by atoms with Crippen LogP contribution in [0.1, 0.15) is 19.4 Å². The minimum atomic E-state index is 0.0557. The third-order valence-corrected chi connectivity index (χ3v) is 3.41. The van der Waals surface area contributed by atoms with Gasteiger partial charge in [-0.1, -0.05) is 0 Å². The molecule has 1 unspecified atom stereocenters. The average molecular weight is 265 g/mol. The lowest BCUT2D eigenvalue weighted by Crippen LogP contribution is -2.34. The third kappa shape index (κ3) is 2.75. The quantitative estimate of drug-likeness (QED) is 0.833. The molecule has 0 N–H and O–H groups in total. The van der Waals surface area contributed by atoms with Crippen molar-refractivity contribution in [3.8, 4) is 17.2 Å². The van der Waals surface area contributed by atoms with E-state index in [9.17, 15) is 4.79 Å². The second-order valence-corrected chi connectivity index (χ2v) is 4.71. The lowest BCUT2D eigenvalue weighted by Gasteiger charge is -2.23. The largest absolute Gasteiger partial charge is 0.493 e. The van der Waals surface area contributed by atoms with Crippen LogP contribution >= 0.6 is 0 Å². The number of hydrogen-bond acceptors (Lipinski definition) is 4. The Bertz CT molecular complexity index is 487. The summed E-state index contributed by atoms with van der Waals surface area (Å²) in [7, 11) is 3.41. The van der Waals surface area contributed by atoms with Gasteiger partial charge in [0.2, 0.25) is 18.4 Å². The first-order valence-electron chi connectivity index (χ1n) is 6.22. The topological polar surface area (TPSA) is 48.0 Å². The van der Waals surface area contributed by atoms with Gasteiger partial charge in [0.15, 0.2) is 11.5 Å². The number of ether oxygens (including phenoxy) is 3. The van der Waals surface area contributed by atoms with Gasteiger partial charge in [-0.3, -0.25) is 4.79 Å². The molecule has 1 aliphatic rings. The molecule has 19 heavy (non-hydrogen) atoms. The van der Waals surface area contributed by atoms with Gasteiger partial charge in [0.25, 0.3) is 0 Å². The first kappa shape index (κ1) is 13.5. The number of carbonyl (C=O) groups is 1. The molecule has 0 spiro atoms. The van der Waals surface area contributed by atoms with E-state index in [0.717, 1.165) is 12.0 Å². The highest BCUT2D eigenvalue weighted by Gasteiger charge is 2.21. The summed E-state index contributed by atoms with van der Waals surface area (Å²) in [5, 5.41) is 0. The Balaban J connectivity index is 2.20. The monoisotopic (exact) mass is 265 g/mol. The van der Waals surface area contributed by atoms with Gasteiger partial charge in [0.1, 0.15) is 0 Å². The Labute approximate surface area is 113 Å². The zero-order valence-corrected chi connectivity index (χ0v) is 11.7. The Morgan fingerprint density at radius 1 is 1.47 bits per heavy atom. The summed E-state index contributed by atoms with van der Waals surface area (Å²) >= 11 is 0. The second-order valence-electron chi connectivity index (χ2n) is 4.71. The van der Waals surface area contributed by atoms with E-state index in [2.05, 4.69) is 0 Å². The normalized spacial score (nSPS) is 14.1. The van der Waals surface area contributed by atoms with Crippen molar-refractivity contribution in [2.75, 3.05) is 21.0 Å². The molecule has 1 aliphatic heterocycles. The molecular weight excluding hydrogens is 246 g/mol. The standard InChI is InChI=1S/C14H19NO4/c1-9(15(3)10(2)16)5-11-6-12(17-4)14-13(7-11)18-8-19-14/h6-7,9H,5,8H2,1-4H3. The molecule has 5 heteroatoms. The van der Waals surface area contributed by atoms with Crippen molar-refractivity contribution >= 4 is 5.91 Å². The van der Waals surface area contributed by atoms with Gasteiger partial charge < -0.3 is 19.1 Å². The van der Waals surface area contributed by atoms with Gasteiger partial charge >= 0.3 is 0 Å². The summed E-state index contributed by atoms with van der Waals surface area (Å²) in [5.74, 6) is 2.08. The van der Waals surface area contributed by atoms with Crippen molar-refractivity contribution in [2.45, 2.75) is 26.3 Å². The third-order valence-electron chi connectivity index (χ3n) is 3.41. The van der Waals surface area contributed by atoms with E-state index in [1.807, 2.05) is 19.1 Å². The van der Waals surface area contributed by atoms with Crippen LogP contribution in [0.25, 0.3) is 0 Å². The second kappa shape index (κ2) is 5.38. The molecule has 1 amide bonds. The molecule has 0 aliphatic carbocycles. The van der Waals surface area contributed by atoms with Gasteiger partial charge in [0, 0.05) is 20.0 Å². The van der Waals surface area contributed by atoms with E-state index < -0.39 is 0 Å². The van der Waals surface area contributed by atoms with Gasteiger partial charge in [-0.15, -0.1) is 0 Å². The van der Waals surface area contributed by atoms with Crippen molar-refractivity contribution < 1.29 is 19.0 Å². The van der Waals surface area contributed by atoms with E-state index in [-0.39, 0.29) is 18.7 Å². The fourth-order valence-electron chi connectivity index (χ4n) is 2.09. The van der Waals surface area contributed by atoms with Crippen LogP contribution < -0.4 is 14.2 Å². The van der Waals surface area contributed by atoms with Crippen LogP contribution in [0.5, 0.6) is 17.2 Å². The predicted octanol–water partition coefficient (Wildman–Crippen LogP) is 1.83. The highest BCUT2D eigenvalue weighted by Crippen LogP contribution is 2.42. The van der Waals surface area contributed by atoms with Crippen molar-refractivity contribution in [2.24, 2.45) is 0 Å². The first-order valence-corrected chi connectivity index (χ1v) is 6.22. The van der Waals surface area contributed by atoms with E-state index in [0.29, 0.717) is 17.2 Å². The molecule has 104 valence electrons. The molecule has 1 aromatic carbocycles. The molecule has 0 aromatic heterocycles. The van der Waals surface area contributed by atoms with Crippen LogP contribution in [0, 0.1) is 0 Å². The zero-order valence-electron chi connectivity index (χ0n) is 11.7. The molecule has 1 heterocycles. The first-order chi connectivity index (χ1) is 9.02. The van der Waals surface area contributed by atoms with Crippen molar-refractivity contribution in [1.29, 1.82) is 0 Å². The SMILES string of the molecule is COc1cc(CC(C)N(C)C(C)=O)cc2c1OCO2. The number of likely N-dealkylation sites (N-methyl/N-ethyl adjacent to an activating group) is 1. The smallest absolute Gasteiger partial charge is 0.231 e. The Hall–Kier alpha value is -1.91. The number of methoxy groups -OCH3 is 1. The van der Waals surface area contributed by atoms with Gasteiger partial charge in [-0.2, -0.15) is 0 Å². The molecule has 2 rings (SSSR count).